The van der Waals surface area contributed by atoms with Crippen molar-refractivity contribution in [3.05, 3.63) is 33.0 Å². The predicted octanol–water partition coefficient (Wildman–Crippen LogP) is 1.26. The number of rotatable bonds is 4. The van der Waals surface area contributed by atoms with E-state index in [9.17, 15) is 4.79 Å². The van der Waals surface area contributed by atoms with Crippen LogP contribution in [0.5, 0.6) is 0 Å². The topological polar surface area (TPSA) is 75.1 Å². The van der Waals surface area contributed by atoms with Crippen LogP contribution in [0, 0.1) is 11.8 Å². The van der Waals surface area contributed by atoms with Gasteiger partial charge in [0.1, 0.15) is 0 Å². The SMILES string of the molecule is O=C(NCc1sccc1C#CCCO)c1csnn1. The second-order valence-corrected chi connectivity index (χ2v) is 5.12. The minimum atomic E-state index is -0.239. The van der Waals surface area contributed by atoms with Crippen LogP contribution in [0.2, 0.25) is 0 Å². The summed E-state index contributed by atoms with van der Waals surface area (Å²) >= 11 is 2.68. The van der Waals surface area contributed by atoms with Gasteiger partial charge in [0.05, 0.1) is 13.2 Å². The highest BCUT2D eigenvalue weighted by atomic mass is 32.1. The van der Waals surface area contributed by atoms with Gasteiger partial charge in [0, 0.05) is 22.2 Å². The van der Waals surface area contributed by atoms with Crippen molar-refractivity contribution < 1.29 is 9.90 Å². The molecule has 0 saturated carbocycles. The Bertz CT molecular complexity index is 596. The molecule has 0 aromatic carbocycles. The fraction of sp³-hybridized carbons (Fsp3) is 0.250. The number of carbonyl (C=O) groups excluding carboxylic acids is 1. The molecule has 2 aromatic heterocycles. The molecule has 2 rings (SSSR count). The van der Waals surface area contributed by atoms with E-state index in [-0.39, 0.29) is 12.5 Å². The Morgan fingerprint density at radius 3 is 3.16 bits per heavy atom. The van der Waals surface area contributed by atoms with Gasteiger partial charge in [-0.3, -0.25) is 4.79 Å². The molecule has 0 unspecified atom stereocenters. The molecule has 1 amide bonds. The molecule has 2 heterocycles. The standard InChI is InChI=1S/C12H11N3O2S2/c16-5-2-1-3-9-4-6-18-11(9)7-13-12(17)10-8-19-15-14-10/h4,6,8,16H,2,5,7H2,(H,13,17). The number of aliphatic hydroxyl groups excluding tert-OH is 1. The van der Waals surface area contributed by atoms with Crippen molar-refractivity contribution in [2.75, 3.05) is 6.61 Å². The van der Waals surface area contributed by atoms with E-state index in [0.29, 0.717) is 18.7 Å². The lowest BCUT2D eigenvalue weighted by atomic mass is 10.2. The van der Waals surface area contributed by atoms with Gasteiger partial charge in [0.2, 0.25) is 0 Å². The molecule has 0 aliphatic carbocycles. The quantitative estimate of drug-likeness (QED) is 0.832. The Kier molecular flexibility index (Phi) is 5.03. The fourth-order valence-corrected chi connectivity index (χ4v) is 2.52. The third kappa shape index (κ3) is 3.86. The first-order chi connectivity index (χ1) is 9.31. The lowest BCUT2D eigenvalue weighted by molar-refractivity contribution is 0.0946. The van der Waals surface area contributed by atoms with Crippen LogP contribution >= 0.6 is 22.9 Å². The van der Waals surface area contributed by atoms with E-state index in [1.807, 2.05) is 11.4 Å². The van der Waals surface area contributed by atoms with Gasteiger partial charge >= 0.3 is 0 Å². The van der Waals surface area contributed by atoms with Crippen LogP contribution < -0.4 is 5.32 Å². The van der Waals surface area contributed by atoms with E-state index < -0.39 is 0 Å². The summed E-state index contributed by atoms with van der Waals surface area (Å²) in [6, 6.07) is 1.90. The van der Waals surface area contributed by atoms with Crippen molar-refractivity contribution in [3.63, 3.8) is 0 Å². The summed E-state index contributed by atoms with van der Waals surface area (Å²) in [5, 5.41) is 18.7. The van der Waals surface area contributed by atoms with Gasteiger partial charge in [-0.05, 0) is 23.0 Å². The average Bonchev–Trinajstić information content (AvgIpc) is 3.08. The molecule has 2 N–H and O–H groups in total. The number of nitrogens with zero attached hydrogens (tertiary/aromatic N) is 2. The Morgan fingerprint density at radius 2 is 2.42 bits per heavy atom. The molecule has 0 radical (unpaired) electrons. The molecule has 0 aliphatic rings. The van der Waals surface area contributed by atoms with Crippen molar-refractivity contribution in [3.8, 4) is 11.8 Å². The maximum absolute atomic E-state index is 11.7. The average molecular weight is 293 g/mol. The smallest absolute Gasteiger partial charge is 0.273 e. The number of aliphatic hydroxyl groups is 1. The summed E-state index contributed by atoms with van der Waals surface area (Å²) in [7, 11) is 0. The van der Waals surface area contributed by atoms with Gasteiger partial charge in [0.25, 0.3) is 5.91 Å². The molecule has 0 fully saturated rings. The number of nitrogens with one attached hydrogen (secondary N) is 1. The molecule has 98 valence electrons. The number of hydrogen-bond donors (Lipinski definition) is 2. The van der Waals surface area contributed by atoms with Gasteiger partial charge in [-0.2, -0.15) is 0 Å². The van der Waals surface area contributed by atoms with E-state index in [2.05, 4.69) is 26.7 Å². The summed E-state index contributed by atoms with van der Waals surface area (Å²) in [6.45, 7) is 0.469. The second-order valence-electron chi connectivity index (χ2n) is 3.51. The molecule has 2 aromatic rings. The highest BCUT2D eigenvalue weighted by Gasteiger charge is 2.09. The van der Waals surface area contributed by atoms with Crippen molar-refractivity contribution >= 4 is 28.8 Å². The number of carbonyl (C=O) groups is 1. The molecule has 0 saturated heterocycles. The zero-order chi connectivity index (χ0) is 13.5. The van der Waals surface area contributed by atoms with Crippen LogP contribution in [0.3, 0.4) is 0 Å². The number of aromatic nitrogens is 2. The molecular formula is C12H11N3O2S2. The van der Waals surface area contributed by atoms with E-state index in [4.69, 9.17) is 5.11 Å². The van der Waals surface area contributed by atoms with Crippen LogP contribution in [0.1, 0.15) is 27.3 Å². The zero-order valence-corrected chi connectivity index (χ0v) is 11.6. The van der Waals surface area contributed by atoms with E-state index >= 15 is 0 Å². The molecule has 7 heteroatoms. The normalized spacial score (nSPS) is 9.74. The molecule has 0 aliphatic heterocycles. The monoisotopic (exact) mass is 293 g/mol. The minimum Gasteiger partial charge on any atom is -0.395 e. The fourth-order valence-electron chi connectivity index (χ4n) is 1.32. The van der Waals surface area contributed by atoms with Gasteiger partial charge in [-0.25, -0.2) is 0 Å². The highest BCUT2D eigenvalue weighted by molar-refractivity contribution is 7.10. The van der Waals surface area contributed by atoms with Gasteiger partial charge < -0.3 is 10.4 Å². The number of amides is 1. The van der Waals surface area contributed by atoms with Gasteiger partial charge in [0.15, 0.2) is 5.69 Å². The van der Waals surface area contributed by atoms with Crippen molar-refractivity contribution in [1.29, 1.82) is 0 Å². The van der Waals surface area contributed by atoms with Crippen LogP contribution in [-0.2, 0) is 6.54 Å². The first-order valence-corrected chi connectivity index (χ1v) is 7.24. The zero-order valence-electron chi connectivity index (χ0n) is 9.92. The van der Waals surface area contributed by atoms with Gasteiger partial charge in [-0.1, -0.05) is 16.3 Å². The van der Waals surface area contributed by atoms with E-state index in [1.54, 1.807) is 5.38 Å². The van der Waals surface area contributed by atoms with E-state index in [1.165, 1.54) is 11.3 Å². The number of thiophene rings is 1. The Balaban J connectivity index is 1.95. The first-order valence-electron chi connectivity index (χ1n) is 5.52. The summed E-state index contributed by atoms with van der Waals surface area (Å²) in [6.07, 6.45) is 0.451. The van der Waals surface area contributed by atoms with Crippen molar-refractivity contribution in [2.45, 2.75) is 13.0 Å². The summed E-state index contributed by atoms with van der Waals surface area (Å²) < 4.78 is 3.64. The molecule has 0 bridgehead atoms. The maximum Gasteiger partial charge on any atom is 0.273 e. The molecule has 19 heavy (non-hydrogen) atoms. The Morgan fingerprint density at radius 1 is 1.53 bits per heavy atom. The van der Waals surface area contributed by atoms with E-state index in [0.717, 1.165) is 22.0 Å². The largest absolute Gasteiger partial charge is 0.395 e. The Labute approximate surface area is 118 Å². The lowest BCUT2D eigenvalue weighted by Crippen LogP contribution is -2.23. The Hall–Kier alpha value is -1.75. The van der Waals surface area contributed by atoms with Crippen LogP contribution in [-0.4, -0.2) is 27.2 Å². The van der Waals surface area contributed by atoms with Crippen LogP contribution in [0.4, 0.5) is 0 Å². The third-order valence-corrected chi connectivity index (χ3v) is 3.63. The molecule has 5 nitrogen and oxygen atoms in total. The van der Waals surface area contributed by atoms with Crippen molar-refractivity contribution in [2.24, 2.45) is 0 Å². The molecular weight excluding hydrogens is 282 g/mol. The van der Waals surface area contributed by atoms with Gasteiger partial charge in [-0.15, -0.1) is 16.4 Å². The van der Waals surface area contributed by atoms with Crippen molar-refractivity contribution in [1.82, 2.24) is 14.9 Å². The van der Waals surface area contributed by atoms with Crippen LogP contribution in [0.25, 0.3) is 0 Å². The highest BCUT2D eigenvalue weighted by Crippen LogP contribution is 2.15. The first kappa shape index (κ1) is 13.7. The maximum atomic E-state index is 11.7. The lowest BCUT2D eigenvalue weighted by Gasteiger charge is -2.01. The summed E-state index contributed by atoms with van der Waals surface area (Å²) in [4.78, 5) is 12.7. The molecule has 0 atom stereocenters. The number of hydrogen-bond acceptors (Lipinski definition) is 6. The summed E-state index contributed by atoms with van der Waals surface area (Å²) in [5.41, 5.74) is 1.21. The summed E-state index contributed by atoms with van der Waals surface area (Å²) in [5.74, 6) is 5.60. The predicted molar refractivity (Wildman–Crippen MR) is 74.0 cm³/mol. The third-order valence-electron chi connectivity index (χ3n) is 2.21. The minimum absolute atomic E-state index is 0.0556. The van der Waals surface area contributed by atoms with Crippen LogP contribution in [0.15, 0.2) is 16.8 Å². The molecule has 0 spiro atoms. The second kappa shape index (κ2) is 6.99.